The molecule has 1 amide bonds. The normalized spacial score (nSPS) is 12.0. The molecule has 0 spiro atoms. The number of hydrogen-bond acceptors (Lipinski definition) is 3. The number of ether oxygens (including phenoxy) is 2. The molecule has 5 heteroatoms. The number of alkyl halides is 1. The number of likely N-dealkylation sites (N-methyl/N-ethyl adjacent to an activating group) is 1. The molecule has 1 rings (SSSR count). The Balaban J connectivity index is 2.48. The molecule has 0 bridgehead atoms. The number of halogens is 1. The number of benzene rings is 1. The maximum absolute atomic E-state index is 12.0. The van der Waals surface area contributed by atoms with Crippen molar-refractivity contribution < 1.29 is 14.3 Å². The molecule has 106 valence electrons. The van der Waals surface area contributed by atoms with Crippen molar-refractivity contribution in [2.45, 2.75) is 11.2 Å². The minimum Gasteiger partial charge on any atom is -0.497 e. The summed E-state index contributed by atoms with van der Waals surface area (Å²) in [5, 5.41) is 0. The van der Waals surface area contributed by atoms with Gasteiger partial charge in [-0.05, 0) is 17.7 Å². The Labute approximate surface area is 122 Å². The van der Waals surface area contributed by atoms with Gasteiger partial charge in [0.25, 0.3) is 0 Å². The van der Waals surface area contributed by atoms with Crippen molar-refractivity contribution in [3.8, 4) is 5.75 Å². The molecule has 19 heavy (non-hydrogen) atoms. The van der Waals surface area contributed by atoms with E-state index in [1.54, 1.807) is 26.2 Å². The lowest BCUT2D eigenvalue weighted by molar-refractivity contribution is -0.129. The molecule has 0 aliphatic rings. The maximum Gasteiger partial charge on any atom is 0.226 e. The molecule has 4 nitrogen and oxygen atoms in total. The van der Waals surface area contributed by atoms with Crippen LogP contribution >= 0.6 is 15.9 Å². The first-order chi connectivity index (χ1) is 9.06. The molecular weight excluding hydrogens is 310 g/mol. The average Bonchev–Trinajstić information content (AvgIpc) is 2.39. The Kier molecular flexibility index (Phi) is 6.87. The van der Waals surface area contributed by atoms with Crippen LogP contribution < -0.4 is 4.74 Å². The van der Waals surface area contributed by atoms with Gasteiger partial charge in [0, 0.05) is 20.7 Å². The number of rotatable bonds is 7. The van der Waals surface area contributed by atoms with Crippen LogP contribution in [0.5, 0.6) is 5.75 Å². The van der Waals surface area contributed by atoms with Crippen molar-refractivity contribution in [2.24, 2.45) is 0 Å². The Morgan fingerprint density at radius 3 is 2.47 bits per heavy atom. The lowest BCUT2D eigenvalue weighted by Crippen LogP contribution is -2.34. The molecule has 1 aromatic carbocycles. The predicted molar refractivity (Wildman–Crippen MR) is 78.9 cm³/mol. The molecule has 0 fully saturated rings. The van der Waals surface area contributed by atoms with Gasteiger partial charge in [-0.1, -0.05) is 28.1 Å². The van der Waals surface area contributed by atoms with E-state index < -0.39 is 0 Å². The first-order valence-corrected chi connectivity index (χ1v) is 6.98. The van der Waals surface area contributed by atoms with Crippen molar-refractivity contribution in [1.82, 2.24) is 4.90 Å². The summed E-state index contributed by atoms with van der Waals surface area (Å²) in [6.07, 6.45) is 0.396. The third-order valence-corrected chi connectivity index (χ3v) is 3.31. The summed E-state index contributed by atoms with van der Waals surface area (Å²) in [5.74, 6) is 0.885. The molecule has 0 radical (unpaired) electrons. The Morgan fingerprint density at radius 1 is 1.32 bits per heavy atom. The quantitative estimate of drug-likeness (QED) is 0.719. The van der Waals surface area contributed by atoms with Gasteiger partial charge in [0.15, 0.2) is 0 Å². The van der Waals surface area contributed by atoms with Gasteiger partial charge in [-0.3, -0.25) is 4.79 Å². The third kappa shape index (κ3) is 5.61. The van der Waals surface area contributed by atoms with Crippen LogP contribution in [0.1, 0.15) is 5.56 Å². The van der Waals surface area contributed by atoms with Crippen LogP contribution in [0, 0.1) is 0 Å². The van der Waals surface area contributed by atoms with Gasteiger partial charge >= 0.3 is 0 Å². The van der Waals surface area contributed by atoms with E-state index >= 15 is 0 Å². The second-order valence-electron chi connectivity index (χ2n) is 4.35. The van der Waals surface area contributed by atoms with Crippen LogP contribution in [0.25, 0.3) is 0 Å². The van der Waals surface area contributed by atoms with Crippen LogP contribution in [-0.4, -0.2) is 50.1 Å². The zero-order valence-electron chi connectivity index (χ0n) is 11.6. The second-order valence-corrected chi connectivity index (χ2v) is 5.65. The minimum atomic E-state index is 0.0886. The van der Waals surface area contributed by atoms with Crippen LogP contribution in [-0.2, 0) is 16.0 Å². The molecule has 0 N–H and O–H groups in total. The fourth-order valence-corrected chi connectivity index (χ4v) is 2.38. The van der Waals surface area contributed by atoms with Crippen LogP contribution in [0.15, 0.2) is 24.3 Å². The molecular formula is C14H20BrNO3. The minimum absolute atomic E-state index is 0.0886. The first-order valence-electron chi connectivity index (χ1n) is 6.06. The highest BCUT2D eigenvalue weighted by Gasteiger charge is 2.13. The van der Waals surface area contributed by atoms with Crippen LogP contribution in [0.3, 0.4) is 0 Å². The van der Waals surface area contributed by atoms with Gasteiger partial charge < -0.3 is 14.4 Å². The number of nitrogens with zero attached hydrogens (tertiary/aromatic N) is 1. The highest BCUT2D eigenvalue weighted by molar-refractivity contribution is 9.09. The van der Waals surface area contributed by atoms with E-state index in [1.165, 1.54) is 0 Å². The Bertz CT molecular complexity index is 394. The van der Waals surface area contributed by atoms with Gasteiger partial charge in [0.05, 0.1) is 25.0 Å². The van der Waals surface area contributed by atoms with Gasteiger partial charge in [0.1, 0.15) is 5.75 Å². The molecule has 1 aromatic rings. The molecule has 0 heterocycles. The van der Waals surface area contributed by atoms with E-state index in [1.807, 2.05) is 24.3 Å². The van der Waals surface area contributed by atoms with Gasteiger partial charge in [-0.15, -0.1) is 0 Å². The highest BCUT2D eigenvalue weighted by atomic mass is 79.9. The van der Waals surface area contributed by atoms with Gasteiger partial charge in [-0.2, -0.15) is 0 Å². The Morgan fingerprint density at radius 2 is 1.95 bits per heavy atom. The molecule has 0 aromatic heterocycles. The molecule has 0 saturated carbocycles. The van der Waals surface area contributed by atoms with Crippen molar-refractivity contribution >= 4 is 21.8 Å². The zero-order valence-corrected chi connectivity index (χ0v) is 13.1. The number of methoxy groups -OCH3 is 2. The summed E-state index contributed by atoms with van der Waals surface area (Å²) in [6.45, 7) is 1.21. The monoisotopic (exact) mass is 329 g/mol. The molecule has 0 aliphatic carbocycles. The number of hydrogen-bond donors (Lipinski definition) is 0. The summed E-state index contributed by atoms with van der Waals surface area (Å²) in [4.78, 5) is 13.9. The summed E-state index contributed by atoms with van der Waals surface area (Å²) >= 11 is 3.48. The van der Waals surface area contributed by atoms with Gasteiger partial charge in [-0.25, -0.2) is 0 Å². The Hall–Kier alpha value is -1.07. The number of carbonyl (C=O) groups excluding carboxylic acids is 1. The third-order valence-electron chi connectivity index (χ3n) is 2.76. The summed E-state index contributed by atoms with van der Waals surface area (Å²) < 4.78 is 10.1. The van der Waals surface area contributed by atoms with Crippen molar-refractivity contribution in [2.75, 3.05) is 34.4 Å². The zero-order chi connectivity index (χ0) is 14.3. The average molecular weight is 330 g/mol. The smallest absolute Gasteiger partial charge is 0.226 e. The van der Waals surface area contributed by atoms with Crippen molar-refractivity contribution in [3.05, 3.63) is 29.8 Å². The fraction of sp³-hybridized carbons (Fsp3) is 0.500. The van der Waals surface area contributed by atoms with Gasteiger partial charge in [0.2, 0.25) is 5.91 Å². The molecule has 0 aliphatic heterocycles. The molecule has 0 saturated heterocycles. The lowest BCUT2D eigenvalue weighted by Gasteiger charge is -2.20. The SMILES string of the molecule is COCC(Br)CN(C)C(=O)Cc1ccc(OC)cc1. The summed E-state index contributed by atoms with van der Waals surface area (Å²) in [7, 11) is 5.07. The van der Waals surface area contributed by atoms with E-state index in [0.29, 0.717) is 19.6 Å². The first kappa shape index (κ1) is 16.0. The lowest BCUT2D eigenvalue weighted by atomic mass is 10.1. The highest BCUT2D eigenvalue weighted by Crippen LogP contribution is 2.12. The number of carbonyl (C=O) groups is 1. The van der Waals surface area contributed by atoms with E-state index in [9.17, 15) is 4.79 Å². The van der Waals surface area contributed by atoms with Crippen LogP contribution in [0.2, 0.25) is 0 Å². The maximum atomic E-state index is 12.0. The largest absolute Gasteiger partial charge is 0.497 e. The standard InChI is InChI=1S/C14H20BrNO3/c1-16(9-12(15)10-18-2)14(17)8-11-4-6-13(19-3)7-5-11/h4-7,12H,8-10H2,1-3H3. The van der Waals surface area contributed by atoms with Crippen molar-refractivity contribution in [3.63, 3.8) is 0 Å². The topological polar surface area (TPSA) is 38.8 Å². The predicted octanol–water partition coefficient (Wildman–Crippen LogP) is 2.11. The molecule has 1 unspecified atom stereocenters. The number of amides is 1. The summed E-state index contributed by atoms with van der Waals surface area (Å²) in [6, 6.07) is 7.54. The van der Waals surface area contributed by atoms with E-state index in [4.69, 9.17) is 9.47 Å². The van der Waals surface area contributed by atoms with Crippen LogP contribution in [0.4, 0.5) is 0 Å². The van der Waals surface area contributed by atoms with E-state index in [0.717, 1.165) is 11.3 Å². The molecule has 1 atom stereocenters. The second kappa shape index (κ2) is 8.17. The fourth-order valence-electron chi connectivity index (χ4n) is 1.69. The van der Waals surface area contributed by atoms with Crippen molar-refractivity contribution in [1.29, 1.82) is 0 Å². The van der Waals surface area contributed by atoms with E-state index in [-0.39, 0.29) is 10.7 Å². The summed E-state index contributed by atoms with van der Waals surface area (Å²) in [5.41, 5.74) is 0.982. The van der Waals surface area contributed by atoms with E-state index in [2.05, 4.69) is 15.9 Å².